The first kappa shape index (κ1) is 16.7. The first-order valence-corrected chi connectivity index (χ1v) is 7.23. The van der Waals surface area contributed by atoms with Crippen molar-refractivity contribution >= 4 is 5.97 Å². The standard InChI is InChI=1S/C17H27NO2/c1-6-20-16(19)11-17(4,5)10-15(18)14-8-7-12(2)9-13(14)3/h7-9,15H,6,10-11,18H2,1-5H3. The van der Waals surface area contributed by atoms with Gasteiger partial charge >= 0.3 is 5.97 Å². The van der Waals surface area contributed by atoms with Crippen molar-refractivity contribution in [2.24, 2.45) is 11.1 Å². The van der Waals surface area contributed by atoms with Crippen molar-refractivity contribution in [2.45, 2.75) is 53.5 Å². The van der Waals surface area contributed by atoms with E-state index in [1.165, 1.54) is 11.1 Å². The lowest BCUT2D eigenvalue weighted by atomic mass is 9.80. The molecule has 3 heteroatoms. The monoisotopic (exact) mass is 277 g/mol. The molecular formula is C17H27NO2. The molecule has 2 N–H and O–H groups in total. The van der Waals surface area contributed by atoms with Crippen molar-refractivity contribution in [3.8, 4) is 0 Å². The number of nitrogens with two attached hydrogens (primary N) is 1. The quantitative estimate of drug-likeness (QED) is 0.807. The van der Waals surface area contributed by atoms with Gasteiger partial charge in [0.1, 0.15) is 0 Å². The molecule has 20 heavy (non-hydrogen) atoms. The molecule has 0 spiro atoms. The third-order valence-electron chi connectivity index (χ3n) is 3.53. The maximum atomic E-state index is 11.6. The van der Waals surface area contributed by atoms with Gasteiger partial charge in [0.2, 0.25) is 0 Å². The molecule has 1 unspecified atom stereocenters. The average Bonchev–Trinajstić information content (AvgIpc) is 2.26. The minimum atomic E-state index is -0.164. The van der Waals surface area contributed by atoms with Crippen LogP contribution in [0, 0.1) is 19.3 Å². The van der Waals surface area contributed by atoms with Crippen molar-refractivity contribution in [3.63, 3.8) is 0 Å². The number of hydrogen-bond acceptors (Lipinski definition) is 3. The SMILES string of the molecule is CCOC(=O)CC(C)(C)CC(N)c1ccc(C)cc1C. The lowest BCUT2D eigenvalue weighted by Crippen LogP contribution is -2.25. The number of carbonyl (C=O) groups is 1. The topological polar surface area (TPSA) is 52.3 Å². The van der Waals surface area contributed by atoms with E-state index in [-0.39, 0.29) is 17.4 Å². The second kappa shape index (κ2) is 6.89. The summed E-state index contributed by atoms with van der Waals surface area (Å²) in [4.78, 5) is 11.6. The molecule has 1 atom stereocenters. The van der Waals surface area contributed by atoms with Crippen LogP contribution < -0.4 is 5.73 Å². The molecule has 0 radical (unpaired) electrons. The highest BCUT2D eigenvalue weighted by molar-refractivity contribution is 5.70. The Hall–Kier alpha value is -1.35. The van der Waals surface area contributed by atoms with Crippen LogP contribution in [-0.4, -0.2) is 12.6 Å². The zero-order valence-electron chi connectivity index (χ0n) is 13.3. The van der Waals surface area contributed by atoms with E-state index < -0.39 is 0 Å². The lowest BCUT2D eigenvalue weighted by Gasteiger charge is -2.28. The van der Waals surface area contributed by atoms with Crippen LogP contribution in [0.5, 0.6) is 0 Å². The molecule has 1 aromatic rings. The Morgan fingerprint density at radius 3 is 2.55 bits per heavy atom. The summed E-state index contributed by atoms with van der Waals surface area (Å²) >= 11 is 0. The molecule has 0 aliphatic carbocycles. The average molecular weight is 277 g/mol. The predicted octanol–water partition coefficient (Wildman–Crippen LogP) is 3.67. The maximum Gasteiger partial charge on any atom is 0.306 e. The van der Waals surface area contributed by atoms with Gasteiger partial charge in [0.25, 0.3) is 0 Å². The highest BCUT2D eigenvalue weighted by Crippen LogP contribution is 2.33. The van der Waals surface area contributed by atoms with Crippen LogP contribution in [0.2, 0.25) is 0 Å². The number of aryl methyl sites for hydroxylation is 2. The van der Waals surface area contributed by atoms with E-state index in [0.717, 1.165) is 12.0 Å². The normalized spacial score (nSPS) is 13.1. The molecule has 112 valence electrons. The van der Waals surface area contributed by atoms with E-state index in [4.69, 9.17) is 10.5 Å². The molecule has 0 heterocycles. The number of rotatable bonds is 6. The van der Waals surface area contributed by atoms with E-state index >= 15 is 0 Å². The van der Waals surface area contributed by atoms with Crippen molar-refractivity contribution in [1.82, 2.24) is 0 Å². The fourth-order valence-corrected chi connectivity index (χ4v) is 2.62. The Morgan fingerprint density at radius 1 is 1.35 bits per heavy atom. The highest BCUT2D eigenvalue weighted by atomic mass is 16.5. The van der Waals surface area contributed by atoms with Crippen molar-refractivity contribution in [3.05, 3.63) is 34.9 Å². The highest BCUT2D eigenvalue weighted by Gasteiger charge is 2.26. The summed E-state index contributed by atoms with van der Waals surface area (Å²) in [7, 11) is 0. The third-order valence-corrected chi connectivity index (χ3v) is 3.53. The second-order valence-corrected chi connectivity index (χ2v) is 6.32. The van der Waals surface area contributed by atoms with Gasteiger partial charge in [-0.3, -0.25) is 4.79 Å². The van der Waals surface area contributed by atoms with Gasteiger partial charge in [-0.15, -0.1) is 0 Å². The van der Waals surface area contributed by atoms with Crippen LogP contribution >= 0.6 is 0 Å². The second-order valence-electron chi connectivity index (χ2n) is 6.32. The van der Waals surface area contributed by atoms with Gasteiger partial charge in [-0.1, -0.05) is 37.6 Å². The summed E-state index contributed by atoms with van der Waals surface area (Å²) in [6.45, 7) is 10.5. The van der Waals surface area contributed by atoms with Crippen molar-refractivity contribution in [1.29, 1.82) is 0 Å². The van der Waals surface area contributed by atoms with E-state index in [2.05, 4.69) is 45.9 Å². The molecule has 0 aliphatic rings. The molecule has 0 saturated heterocycles. The first-order chi connectivity index (χ1) is 9.25. The summed E-state index contributed by atoms with van der Waals surface area (Å²) < 4.78 is 5.02. The molecule has 0 fully saturated rings. The zero-order valence-corrected chi connectivity index (χ0v) is 13.3. The minimum Gasteiger partial charge on any atom is -0.466 e. The van der Waals surface area contributed by atoms with Crippen LogP contribution in [0.15, 0.2) is 18.2 Å². The van der Waals surface area contributed by atoms with Gasteiger partial charge in [0.15, 0.2) is 0 Å². The van der Waals surface area contributed by atoms with Gasteiger partial charge in [-0.25, -0.2) is 0 Å². The Bertz CT molecular complexity index is 466. The van der Waals surface area contributed by atoms with E-state index in [1.807, 2.05) is 6.92 Å². The van der Waals surface area contributed by atoms with Gasteiger partial charge in [-0.2, -0.15) is 0 Å². The van der Waals surface area contributed by atoms with Crippen LogP contribution in [-0.2, 0) is 9.53 Å². The zero-order chi connectivity index (χ0) is 15.3. The molecule has 1 aromatic carbocycles. The molecule has 3 nitrogen and oxygen atoms in total. The summed E-state index contributed by atoms with van der Waals surface area (Å²) in [6, 6.07) is 6.27. The number of hydrogen-bond donors (Lipinski definition) is 1. The molecule has 0 saturated carbocycles. The fourth-order valence-electron chi connectivity index (χ4n) is 2.62. The Morgan fingerprint density at radius 2 is 2.00 bits per heavy atom. The first-order valence-electron chi connectivity index (χ1n) is 7.23. The fraction of sp³-hybridized carbons (Fsp3) is 0.588. The van der Waals surface area contributed by atoms with E-state index in [1.54, 1.807) is 0 Å². The van der Waals surface area contributed by atoms with E-state index in [0.29, 0.717) is 13.0 Å². The van der Waals surface area contributed by atoms with Crippen LogP contribution in [0.3, 0.4) is 0 Å². The summed E-state index contributed by atoms with van der Waals surface area (Å²) in [5, 5.41) is 0. The third kappa shape index (κ3) is 4.97. The molecule has 1 rings (SSSR count). The number of benzene rings is 1. The van der Waals surface area contributed by atoms with Crippen LogP contribution in [0.1, 0.15) is 56.3 Å². The van der Waals surface area contributed by atoms with Gasteiger partial charge in [-0.05, 0) is 43.7 Å². The minimum absolute atomic E-state index is 0.0555. The predicted molar refractivity (Wildman–Crippen MR) is 82.5 cm³/mol. The Kier molecular flexibility index (Phi) is 5.75. The number of esters is 1. The molecule has 0 aliphatic heterocycles. The smallest absolute Gasteiger partial charge is 0.306 e. The van der Waals surface area contributed by atoms with Gasteiger partial charge in [0, 0.05) is 6.04 Å². The number of carbonyl (C=O) groups excluding carboxylic acids is 1. The van der Waals surface area contributed by atoms with Crippen molar-refractivity contribution in [2.75, 3.05) is 6.61 Å². The molecular weight excluding hydrogens is 250 g/mol. The Labute approximate surface area is 122 Å². The van der Waals surface area contributed by atoms with Gasteiger partial charge < -0.3 is 10.5 Å². The van der Waals surface area contributed by atoms with Crippen LogP contribution in [0.4, 0.5) is 0 Å². The molecule has 0 bridgehead atoms. The summed E-state index contributed by atoms with van der Waals surface area (Å²) in [5.41, 5.74) is 9.78. The summed E-state index contributed by atoms with van der Waals surface area (Å²) in [6.07, 6.45) is 1.16. The van der Waals surface area contributed by atoms with Gasteiger partial charge in [0.05, 0.1) is 13.0 Å². The maximum absolute atomic E-state index is 11.6. The largest absolute Gasteiger partial charge is 0.466 e. The number of ether oxygens (including phenoxy) is 1. The lowest BCUT2D eigenvalue weighted by molar-refractivity contribution is -0.145. The molecule has 0 aromatic heterocycles. The van der Waals surface area contributed by atoms with Crippen LogP contribution in [0.25, 0.3) is 0 Å². The van der Waals surface area contributed by atoms with E-state index in [9.17, 15) is 4.79 Å². The molecule has 0 amide bonds. The summed E-state index contributed by atoms with van der Waals surface area (Å²) in [5.74, 6) is -0.148. The Balaban J connectivity index is 2.73. The van der Waals surface area contributed by atoms with Crippen molar-refractivity contribution < 1.29 is 9.53 Å².